The van der Waals surface area contributed by atoms with E-state index >= 15 is 0 Å². The second-order valence-corrected chi connectivity index (χ2v) is 5.82. The van der Waals surface area contributed by atoms with Crippen molar-refractivity contribution in [2.45, 2.75) is 31.7 Å². The van der Waals surface area contributed by atoms with Crippen LogP contribution in [0, 0.1) is 0 Å². The summed E-state index contributed by atoms with van der Waals surface area (Å²) >= 11 is 0. The first-order valence-corrected chi connectivity index (χ1v) is 6.96. The minimum absolute atomic E-state index is 0.0302. The van der Waals surface area contributed by atoms with E-state index in [2.05, 4.69) is 32.6 Å². The Balaban J connectivity index is 2.46. The summed E-state index contributed by atoms with van der Waals surface area (Å²) < 4.78 is 4.81. The first-order valence-electron chi connectivity index (χ1n) is 6.96. The Bertz CT molecular complexity index is 590. The highest BCUT2D eigenvalue weighted by atomic mass is 16.5. The van der Waals surface area contributed by atoms with Crippen molar-refractivity contribution in [1.82, 2.24) is 4.90 Å². The number of nitrogens with zero attached hydrogens (tertiary/aromatic N) is 1. The molecule has 2 rings (SSSR count). The molecule has 0 fully saturated rings. The van der Waals surface area contributed by atoms with Gasteiger partial charge in [-0.05, 0) is 29.2 Å². The molecule has 1 unspecified atom stereocenters. The lowest BCUT2D eigenvalue weighted by atomic mass is 9.86. The van der Waals surface area contributed by atoms with E-state index in [9.17, 15) is 4.79 Å². The second-order valence-electron chi connectivity index (χ2n) is 5.82. The molecule has 0 saturated carbocycles. The van der Waals surface area contributed by atoms with Crippen molar-refractivity contribution in [3.63, 3.8) is 0 Å². The van der Waals surface area contributed by atoms with E-state index in [0.717, 1.165) is 6.42 Å². The van der Waals surface area contributed by atoms with Crippen molar-refractivity contribution in [3.05, 3.63) is 60.1 Å². The summed E-state index contributed by atoms with van der Waals surface area (Å²) in [5, 5.41) is 0. The van der Waals surface area contributed by atoms with E-state index in [4.69, 9.17) is 10.5 Å². The van der Waals surface area contributed by atoms with E-state index in [1.54, 1.807) is 11.1 Å². The van der Waals surface area contributed by atoms with Crippen LogP contribution in [0.1, 0.15) is 37.4 Å². The first-order chi connectivity index (χ1) is 9.96. The highest BCUT2D eigenvalue weighted by Crippen LogP contribution is 2.48. The van der Waals surface area contributed by atoms with Gasteiger partial charge in [-0.1, -0.05) is 44.7 Å². The Hall–Kier alpha value is -2.23. The van der Waals surface area contributed by atoms with Crippen LogP contribution < -0.4 is 5.73 Å². The third-order valence-corrected chi connectivity index (χ3v) is 4.12. The van der Waals surface area contributed by atoms with E-state index in [0.29, 0.717) is 5.70 Å². The van der Waals surface area contributed by atoms with Crippen molar-refractivity contribution in [2.24, 2.45) is 5.73 Å². The van der Waals surface area contributed by atoms with E-state index < -0.39 is 5.97 Å². The summed E-state index contributed by atoms with van der Waals surface area (Å²) in [7, 11) is 1.35. The molecule has 1 atom stereocenters. The predicted octanol–water partition coefficient (Wildman–Crippen LogP) is 2.83. The number of carbonyl (C=O) groups is 1. The Morgan fingerprint density at radius 1 is 1.48 bits per heavy atom. The van der Waals surface area contributed by atoms with Crippen LogP contribution in [0.4, 0.5) is 0 Å². The van der Waals surface area contributed by atoms with Gasteiger partial charge in [-0.2, -0.15) is 0 Å². The molecule has 0 aromatic heterocycles. The SMILES string of the molecule is C=CN(/C(=C\N)C(=O)OC)C1CC(C)(C)c2ccccc21. The Kier molecular flexibility index (Phi) is 4.07. The van der Waals surface area contributed by atoms with E-state index in [1.807, 2.05) is 12.1 Å². The molecule has 4 heteroatoms. The van der Waals surface area contributed by atoms with Gasteiger partial charge in [0, 0.05) is 6.20 Å². The molecule has 0 spiro atoms. The third-order valence-electron chi connectivity index (χ3n) is 4.12. The molecular formula is C17H22N2O2. The van der Waals surface area contributed by atoms with Gasteiger partial charge in [0.25, 0.3) is 0 Å². The van der Waals surface area contributed by atoms with Gasteiger partial charge >= 0.3 is 5.97 Å². The number of hydrogen-bond acceptors (Lipinski definition) is 4. The zero-order valence-electron chi connectivity index (χ0n) is 12.8. The molecule has 0 radical (unpaired) electrons. The lowest BCUT2D eigenvalue weighted by molar-refractivity contribution is -0.137. The zero-order valence-corrected chi connectivity index (χ0v) is 12.8. The summed E-state index contributed by atoms with van der Waals surface area (Å²) in [6, 6.07) is 8.32. The number of hydrogen-bond donors (Lipinski definition) is 1. The fraction of sp³-hybridized carbons (Fsp3) is 0.353. The summed E-state index contributed by atoms with van der Waals surface area (Å²) in [6.45, 7) is 8.24. The number of fused-ring (bicyclic) bond motifs is 1. The van der Waals surface area contributed by atoms with Gasteiger partial charge in [0.1, 0.15) is 5.70 Å². The molecular weight excluding hydrogens is 264 g/mol. The smallest absolute Gasteiger partial charge is 0.356 e. The van der Waals surface area contributed by atoms with Crippen LogP contribution in [0.25, 0.3) is 0 Å². The minimum atomic E-state index is -0.459. The van der Waals surface area contributed by atoms with E-state index in [-0.39, 0.29) is 11.5 Å². The van der Waals surface area contributed by atoms with Crippen molar-refractivity contribution in [2.75, 3.05) is 7.11 Å². The maximum atomic E-state index is 11.9. The van der Waals surface area contributed by atoms with Crippen LogP contribution in [-0.2, 0) is 14.9 Å². The number of methoxy groups -OCH3 is 1. The average Bonchev–Trinajstić information content (AvgIpc) is 2.76. The Morgan fingerprint density at radius 2 is 2.14 bits per heavy atom. The van der Waals surface area contributed by atoms with Gasteiger partial charge in [0.15, 0.2) is 0 Å². The number of benzene rings is 1. The number of ether oxygens (including phenoxy) is 1. The van der Waals surface area contributed by atoms with Crippen molar-refractivity contribution in [1.29, 1.82) is 0 Å². The van der Waals surface area contributed by atoms with Crippen molar-refractivity contribution in [3.8, 4) is 0 Å². The normalized spacial score (nSPS) is 19.8. The molecule has 0 amide bonds. The standard InChI is InChI=1S/C17H22N2O2/c1-5-19(15(11-18)16(20)21-4)14-10-17(2,3)13-9-7-6-8-12(13)14/h5-9,11,14H,1,10,18H2,2-4H3/b15-11-. The van der Waals surface area contributed by atoms with Crippen molar-refractivity contribution >= 4 is 5.97 Å². The largest absolute Gasteiger partial charge is 0.464 e. The van der Waals surface area contributed by atoms with Gasteiger partial charge in [0.05, 0.1) is 13.2 Å². The molecule has 0 aliphatic heterocycles. The highest BCUT2D eigenvalue weighted by molar-refractivity contribution is 5.87. The number of rotatable bonds is 4. The number of esters is 1. The second kappa shape index (κ2) is 5.64. The van der Waals surface area contributed by atoms with Gasteiger partial charge < -0.3 is 15.4 Å². The molecule has 21 heavy (non-hydrogen) atoms. The maximum Gasteiger partial charge on any atom is 0.356 e. The number of carbonyl (C=O) groups excluding carboxylic acids is 1. The van der Waals surface area contributed by atoms with Gasteiger partial charge in [-0.25, -0.2) is 4.79 Å². The maximum absolute atomic E-state index is 11.9. The van der Waals surface area contributed by atoms with Gasteiger partial charge in [-0.15, -0.1) is 0 Å². The molecule has 2 N–H and O–H groups in total. The topological polar surface area (TPSA) is 55.6 Å². The molecule has 1 aliphatic rings. The van der Waals surface area contributed by atoms with Crippen LogP contribution >= 0.6 is 0 Å². The predicted molar refractivity (Wildman–Crippen MR) is 83.1 cm³/mol. The summed E-state index contributed by atoms with van der Waals surface area (Å²) in [5.41, 5.74) is 8.47. The van der Waals surface area contributed by atoms with Gasteiger partial charge in [0.2, 0.25) is 0 Å². The molecule has 1 aliphatic carbocycles. The lowest BCUT2D eigenvalue weighted by Gasteiger charge is -2.29. The molecule has 0 heterocycles. The summed E-state index contributed by atoms with van der Waals surface area (Å²) in [5.74, 6) is -0.459. The first kappa shape index (κ1) is 15.2. The molecule has 1 aromatic carbocycles. The highest BCUT2D eigenvalue weighted by Gasteiger charge is 2.40. The lowest BCUT2D eigenvalue weighted by Crippen LogP contribution is -2.28. The molecule has 0 saturated heterocycles. The molecule has 4 nitrogen and oxygen atoms in total. The zero-order chi connectivity index (χ0) is 15.6. The third kappa shape index (κ3) is 2.53. The van der Waals surface area contributed by atoms with E-state index in [1.165, 1.54) is 24.4 Å². The monoisotopic (exact) mass is 286 g/mol. The fourth-order valence-electron chi connectivity index (χ4n) is 3.11. The average molecular weight is 286 g/mol. The van der Waals surface area contributed by atoms with Crippen molar-refractivity contribution < 1.29 is 9.53 Å². The Morgan fingerprint density at radius 3 is 2.71 bits per heavy atom. The fourth-order valence-corrected chi connectivity index (χ4v) is 3.11. The summed E-state index contributed by atoms with van der Waals surface area (Å²) in [6.07, 6.45) is 3.80. The minimum Gasteiger partial charge on any atom is -0.464 e. The molecule has 112 valence electrons. The molecule has 1 aromatic rings. The van der Waals surface area contributed by atoms with Crippen LogP contribution in [0.15, 0.2) is 48.9 Å². The summed E-state index contributed by atoms with van der Waals surface area (Å²) in [4.78, 5) is 13.7. The molecule has 0 bridgehead atoms. The van der Waals surface area contributed by atoms with Crippen LogP contribution in [-0.4, -0.2) is 18.0 Å². The Labute approximate surface area is 125 Å². The van der Waals surface area contributed by atoms with Crippen LogP contribution in [0.5, 0.6) is 0 Å². The van der Waals surface area contributed by atoms with Crippen LogP contribution in [0.3, 0.4) is 0 Å². The van der Waals surface area contributed by atoms with Crippen LogP contribution in [0.2, 0.25) is 0 Å². The van der Waals surface area contributed by atoms with Gasteiger partial charge in [-0.3, -0.25) is 0 Å². The quantitative estimate of drug-likeness (QED) is 0.683. The number of nitrogens with two attached hydrogens (primary N) is 1.